The van der Waals surface area contributed by atoms with E-state index in [1.165, 1.54) is 28.9 Å². The molecule has 3 heterocycles. The number of hydrogen-bond acceptors (Lipinski definition) is 7. The van der Waals surface area contributed by atoms with Gasteiger partial charge in [0.05, 0.1) is 24.9 Å². The van der Waals surface area contributed by atoms with Gasteiger partial charge in [0.25, 0.3) is 0 Å². The number of rotatable bonds is 6. The highest BCUT2D eigenvalue weighted by Crippen LogP contribution is 2.39. The van der Waals surface area contributed by atoms with Crippen LogP contribution < -0.4 is 9.80 Å². The Labute approximate surface area is 224 Å². The Kier molecular flexibility index (Phi) is 8.44. The molecule has 0 radical (unpaired) electrons. The molecule has 2 saturated heterocycles. The van der Waals surface area contributed by atoms with E-state index < -0.39 is 41.2 Å². The van der Waals surface area contributed by atoms with E-state index in [2.05, 4.69) is 9.88 Å². The molecule has 8 nitrogen and oxygen atoms in total. The summed E-state index contributed by atoms with van der Waals surface area (Å²) in [6.07, 6.45) is -4.94. The van der Waals surface area contributed by atoms with Gasteiger partial charge in [0, 0.05) is 43.6 Å². The van der Waals surface area contributed by atoms with Gasteiger partial charge in [-0.05, 0) is 57.0 Å². The first kappa shape index (κ1) is 28.7. The minimum Gasteiger partial charge on any atom is -0.394 e. The van der Waals surface area contributed by atoms with Gasteiger partial charge in [-0.3, -0.25) is 9.69 Å². The highest BCUT2D eigenvalue weighted by Gasteiger charge is 2.45. The van der Waals surface area contributed by atoms with E-state index in [0.717, 1.165) is 6.07 Å². The van der Waals surface area contributed by atoms with Gasteiger partial charge in [-0.1, -0.05) is 0 Å². The van der Waals surface area contributed by atoms with E-state index >= 15 is 0 Å². The molecule has 0 spiro atoms. The molecule has 1 unspecified atom stereocenters. The van der Waals surface area contributed by atoms with E-state index in [-0.39, 0.29) is 43.7 Å². The number of aryl methyl sites for hydroxylation is 2. The first-order chi connectivity index (χ1) is 18.5. The minimum absolute atomic E-state index is 0.0687. The van der Waals surface area contributed by atoms with E-state index in [4.69, 9.17) is 4.74 Å². The fourth-order valence-electron chi connectivity index (χ4n) is 5.37. The van der Waals surface area contributed by atoms with Crippen LogP contribution in [0.5, 0.6) is 0 Å². The van der Waals surface area contributed by atoms with Crippen molar-refractivity contribution in [3.63, 3.8) is 0 Å². The fraction of sp³-hybridized carbons (Fsp3) is 0.519. The van der Waals surface area contributed by atoms with Gasteiger partial charge in [0.15, 0.2) is 0 Å². The smallest absolute Gasteiger partial charge is 0.394 e. The van der Waals surface area contributed by atoms with Crippen molar-refractivity contribution in [1.29, 1.82) is 5.26 Å². The number of nitriles is 1. The molecule has 4 rings (SSSR count). The summed E-state index contributed by atoms with van der Waals surface area (Å²) in [4.78, 5) is 23.4. The quantitative estimate of drug-likeness (QED) is 0.552. The molecular formula is C27H31F4N5O3. The van der Waals surface area contributed by atoms with Gasteiger partial charge < -0.3 is 19.6 Å². The van der Waals surface area contributed by atoms with Crippen LogP contribution in [0.4, 0.5) is 29.1 Å². The molecular weight excluding hydrogens is 518 g/mol. The molecule has 0 saturated carbocycles. The van der Waals surface area contributed by atoms with Crippen molar-refractivity contribution in [3.05, 3.63) is 52.5 Å². The maximum atomic E-state index is 14.0. The number of aliphatic hydroxyl groups excluding tert-OH is 1. The molecule has 2 aliphatic rings. The lowest BCUT2D eigenvalue weighted by Gasteiger charge is -2.36. The van der Waals surface area contributed by atoms with E-state index in [1.54, 1.807) is 26.0 Å². The number of amides is 1. The number of morpholine rings is 1. The maximum absolute atomic E-state index is 14.0. The molecule has 39 heavy (non-hydrogen) atoms. The molecule has 3 atom stereocenters. The average Bonchev–Trinajstić information content (AvgIpc) is 3.35. The second-order valence-electron chi connectivity index (χ2n) is 9.86. The highest BCUT2D eigenvalue weighted by molar-refractivity contribution is 5.99. The number of aromatic nitrogens is 1. The molecule has 2 aromatic rings. The van der Waals surface area contributed by atoms with Gasteiger partial charge in [-0.2, -0.15) is 18.4 Å². The summed E-state index contributed by atoms with van der Waals surface area (Å²) in [5.41, 5.74) is -0.854. The zero-order chi connectivity index (χ0) is 28.5. The molecule has 0 aliphatic carbocycles. The molecule has 1 aromatic carbocycles. The van der Waals surface area contributed by atoms with Crippen LogP contribution in [0.15, 0.2) is 24.3 Å². The van der Waals surface area contributed by atoms with E-state index in [1.807, 2.05) is 0 Å². The fourth-order valence-corrected chi connectivity index (χ4v) is 5.37. The van der Waals surface area contributed by atoms with E-state index in [0.29, 0.717) is 30.9 Å². The van der Waals surface area contributed by atoms with Crippen LogP contribution in [0.25, 0.3) is 0 Å². The van der Waals surface area contributed by atoms with Crippen LogP contribution in [0, 0.1) is 31.0 Å². The zero-order valence-electron chi connectivity index (χ0n) is 22.0. The van der Waals surface area contributed by atoms with Crippen LogP contribution in [-0.2, 0) is 15.7 Å². The molecule has 1 amide bonds. The minimum atomic E-state index is -4.79. The normalized spacial score (nSPS) is 22.1. The first-order valence-corrected chi connectivity index (χ1v) is 12.8. The van der Waals surface area contributed by atoms with Crippen LogP contribution >= 0.6 is 0 Å². The average molecular weight is 550 g/mol. The number of alkyl halides is 3. The van der Waals surface area contributed by atoms with Crippen molar-refractivity contribution in [1.82, 2.24) is 9.88 Å². The highest BCUT2D eigenvalue weighted by atomic mass is 19.4. The van der Waals surface area contributed by atoms with Crippen molar-refractivity contribution in [3.8, 4) is 6.07 Å². The summed E-state index contributed by atoms with van der Waals surface area (Å²) in [5, 5.41) is 19.4. The summed E-state index contributed by atoms with van der Waals surface area (Å²) < 4.78 is 61.2. The van der Waals surface area contributed by atoms with Crippen LogP contribution in [0.2, 0.25) is 0 Å². The number of halogens is 4. The second kappa shape index (κ2) is 11.5. The molecule has 1 aromatic heterocycles. The summed E-state index contributed by atoms with van der Waals surface area (Å²) >= 11 is 0. The van der Waals surface area contributed by atoms with Crippen molar-refractivity contribution in [2.75, 3.05) is 49.2 Å². The molecule has 12 heteroatoms. The number of benzene rings is 1. The van der Waals surface area contributed by atoms with Gasteiger partial charge in [0.2, 0.25) is 5.91 Å². The van der Waals surface area contributed by atoms with Gasteiger partial charge in [-0.25, -0.2) is 9.37 Å². The topological polar surface area (TPSA) is 92.9 Å². The Balaban J connectivity index is 1.78. The summed E-state index contributed by atoms with van der Waals surface area (Å²) in [6.45, 7) is 6.23. The van der Waals surface area contributed by atoms with Crippen molar-refractivity contribution in [2.24, 2.45) is 0 Å². The lowest BCUT2D eigenvalue weighted by atomic mass is 10.1. The second-order valence-corrected chi connectivity index (χ2v) is 9.86. The largest absolute Gasteiger partial charge is 0.417 e. The Hall–Kier alpha value is -3.27. The monoisotopic (exact) mass is 549 g/mol. The van der Waals surface area contributed by atoms with Gasteiger partial charge in [-0.15, -0.1) is 0 Å². The maximum Gasteiger partial charge on any atom is 0.417 e. The van der Waals surface area contributed by atoms with Crippen LogP contribution in [0.3, 0.4) is 0 Å². The Morgan fingerprint density at radius 1 is 1.28 bits per heavy atom. The standard InChI is InChI=1S/C27H31F4N5O3/c1-4-35(18-5-6-23(28)16(2)9-18)26(38)24-11-19(34-7-8-39-20(14-34)15-37)13-36(24)25-21(12-32)22(27(29,30)31)10-17(3)33-25/h5-6,9-10,19-20,24,37H,4,7-8,11,13-15H2,1-3H3/t19-,20?,24-/m0/s1. The summed E-state index contributed by atoms with van der Waals surface area (Å²) in [6, 6.07) is 5.61. The number of nitrogens with zero attached hydrogens (tertiary/aromatic N) is 5. The van der Waals surface area contributed by atoms with E-state index in [9.17, 15) is 32.7 Å². The number of ether oxygens (including phenoxy) is 1. The molecule has 2 fully saturated rings. The Morgan fingerprint density at radius 2 is 2.03 bits per heavy atom. The number of aliphatic hydroxyl groups is 1. The lowest BCUT2D eigenvalue weighted by Crippen LogP contribution is -2.49. The van der Waals surface area contributed by atoms with Gasteiger partial charge >= 0.3 is 6.18 Å². The predicted molar refractivity (Wildman–Crippen MR) is 136 cm³/mol. The Morgan fingerprint density at radius 3 is 2.64 bits per heavy atom. The number of carbonyl (C=O) groups is 1. The third kappa shape index (κ3) is 5.85. The van der Waals surface area contributed by atoms with Gasteiger partial charge in [0.1, 0.15) is 29.3 Å². The first-order valence-electron chi connectivity index (χ1n) is 12.8. The summed E-state index contributed by atoms with van der Waals surface area (Å²) in [7, 11) is 0. The van der Waals surface area contributed by atoms with Crippen molar-refractivity contribution in [2.45, 2.75) is 51.6 Å². The molecule has 2 aliphatic heterocycles. The number of hydrogen-bond donors (Lipinski definition) is 1. The molecule has 0 bridgehead atoms. The SMILES string of the molecule is CCN(C(=O)[C@@H]1C[C@H](N2CCOC(CO)C2)CN1c1nc(C)cc(C(F)(F)F)c1C#N)c1ccc(F)c(C)c1. The third-order valence-electron chi connectivity index (χ3n) is 7.31. The number of likely N-dealkylation sites (N-methyl/N-ethyl adjacent to an activating group) is 1. The van der Waals surface area contributed by atoms with Crippen LogP contribution in [0.1, 0.15) is 35.7 Å². The lowest BCUT2D eigenvalue weighted by molar-refractivity contribution is -0.137. The zero-order valence-corrected chi connectivity index (χ0v) is 22.0. The molecule has 210 valence electrons. The number of anilines is 2. The number of pyridine rings is 1. The van der Waals surface area contributed by atoms with Crippen LogP contribution in [-0.4, -0.2) is 78.5 Å². The van der Waals surface area contributed by atoms with Crippen molar-refractivity contribution >= 4 is 17.4 Å². The Bertz CT molecular complexity index is 1270. The molecule has 1 N–H and O–H groups in total. The van der Waals surface area contributed by atoms with Crippen molar-refractivity contribution < 1.29 is 32.2 Å². The predicted octanol–water partition coefficient (Wildman–Crippen LogP) is 3.42. The number of carbonyl (C=O) groups excluding carboxylic acids is 1. The summed E-state index contributed by atoms with van der Waals surface area (Å²) in [5.74, 6) is -0.999. The third-order valence-corrected chi connectivity index (χ3v) is 7.31.